The molecule has 2 aromatic rings. The van der Waals surface area contributed by atoms with E-state index in [2.05, 4.69) is 41.5 Å². The molecule has 0 aliphatic heterocycles. The van der Waals surface area contributed by atoms with Gasteiger partial charge in [0.25, 0.3) is 0 Å². The van der Waals surface area contributed by atoms with Crippen molar-refractivity contribution in [2.75, 3.05) is 5.32 Å². The van der Waals surface area contributed by atoms with Gasteiger partial charge in [-0.1, -0.05) is 38.0 Å². The van der Waals surface area contributed by atoms with E-state index >= 15 is 0 Å². The first-order valence-corrected chi connectivity index (χ1v) is 7.43. The van der Waals surface area contributed by atoms with Crippen LogP contribution < -0.4 is 5.32 Å². The van der Waals surface area contributed by atoms with Crippen molar-refractivity contribution in [3.63, 3.8) is 0 Å². The van der Waals surface area contributed by atoms with E-state index in [4.69, 9.17) is 0 Å². The molecule has 3 rings (SSSR count). The van der Waals surface area contributed by atoms with Crippen molar-refractivity contribution >= 4 is 16.6 Å². The summed E-state index contributed by atoms with van der Waals surface area (Å²) in [6.07, 6.45) is 8.57. The van der Waals surface area contributed by atoms with Gasteiger partial charge in [0.15, 0.2) is 0 Å². The fourth-order valence-electron chi connectivity index (χ4n) is 3.07. The van der Waals surface area contributed by atoms with Gasteiger partial charge in [0.2, 0.25) is 0 Å². The lowest BCUT2D eigenvalue weighted by atomic mass is 10.0. The van der Waals surface area contributed by atoms with Gasteiger partial charge in [-0.15, -0.1) is 0 Å². The Morgan fingerprint density at radius 3 is 2.89 bits per heavy atom. The number of aromatic nitrogens is 1. The number of benzene rings is 1. The van der Waals surface area contributed by atoms with Gasteiger partial charge < -0.3 is 5.32 Å². The minimum absolute atomic E-state index is 0.621. The van der Waals surface area contributed by atoms with Gasteiger partial charge in [0.05, 0.1) is 5.52 Å². The molecular formula is C17H22N2. The fraction of sp³-hybridized carbons (Fsp3) is 0.471. The minimum Gasteiger partial charge on any atom is -0.382 e. The number of nitrogens with zero attached hydrogens (tertiary/aromatic N) is 1. The molecule has 1 heterocycles. The highest BCUT2D eigenvalue weighted by molar-refractivity contribution is 5.90. The standard InChI is InChI=1S/C17H22N2/c1-13-5-4-6-14(10-9-13)19-17-11-12-18-16-8-3-2-7-15(16)17/h2-3,7-8,11-14H,4-6,9-10H2,1H3,(H,18,19). The van der Waals surface area contributed by atoms with Gasteiger partial charge >= 0.3 is 0 Å². The van der Waals surface area contributed by atoms with Crippen LogP contribution in [0.5, 0.6) is 0 Å². The molecule has 1 aromatic carbocycles. The van der Waals surface area contributed by atoms with Crippen LogP contribution in [0.3, 0.4) is 0 Å². The highest BCUT2D eigenvalue weighted by Gasteiger charge is 2.16. The Bertz CT molecular complexity index is 544. The Morgan fingerprint density at radius 1 is 1.05 bits per heavy atom. The van der Waals surface area contributed by atoms with E-state index in [9.17, 15) is 0 Å². The molecule has 2 nitrogen and oxygen atoms in total. The third-order valence-electron chi connectivity index (χ3n) is 4.27. The predicted molar refractivity (Wildman–Crippen MR) is 81.4 cm³/mol. The van der Waals surface area contributed by atoms with E-state index in [-0.39, 0.29) is 0 Å². The van der Waals surface area contributed by atoms with Crippen molar-refractivity contribution in [3.8, 4) is 0 Å². The molecule has 0 bridgehead atoms. The quantitative estimate of drug-likeness (QED) is 0.791. The Balaban J connectivity index is 1.81. The monoisotopic (exact) mass is 254 g/mol. The van der Waals surface area contributed by atoms with Crippen molar-refractivity contribution in [2.45, 2.75) is 45.1 Å². The third kappa shape index (κ3) is 2.89. The molecular weight excluding hydrogens is 232 g/mol. The van der Waals surface area contributed by atoms with E-state index in [0.29, 0.717) is 6.04 Å². The van der Waals surface area contributed by atoms with Gasteiger partial charge in [-0.05, 0) is 37.3 Å². The Hall–Kier alpha value is -1.57. The summed E-state index contributed by atoms with van der Waals surface area (Å²) in [5, 5.41) is 4.98. The summed E-state index contributed by atoms with van der Waals surface area (Å²) >= 11 is 0. The maximum atomic E-state index is 4.43. The summed E-state index contributed by atoms with van der Waals surface area (Å²) in [4.78, 5) is 4.43. The van der Waals surface area contributed by atoms with E-state index in [1.165, 1.54) is 43.2 Å². The number of hydrogen-bond donors (Lipinski definition) is 1. The smallest absolute Gasteiger partial charge is 0.0722 e. The number of nitrogens with one attached hydrogen (secondary N) is 1. The fourth-order valence-corrected chi connectivity index (χ4v) is 3.07. The molecule has 100 valence electrons. The predicted octanol–water partition coefficient (Wildman–Crippen LogP) is 4.62. The number of fused-ring (bicyclic) bond motifs is 1. The van der Waals surface area contributed by atoms with Gasteiger partial charge in [-0.3, -0.25) is 4.98 Å². The summed E-state index contributed by atoms with van der Waals surface area (Å²) in [5.74, 6) is 0.890. The zero-order chi connectivity index (χ0) is 13.1. The molecule has 1 aliphatic carbocycles. The van der Waals surface area contributed by atoms with Gasteiger partial charge in [-0.2, -0.15) is 0 Å². The molecule has 1 aliphatic rings. The second kappa shape index (κ2) is 5.60. The molecule has 0 spiro atoms. The highest BCUT2D eigenvalue weighted by atomic mass is 14.9. The van der Waals surface area contributed by atoms with Crippen molar-refractivity contribution in [1.82, 2.24) is 4.98 Å². The van der Waals surface area contributed by atoms with Crippen molar-refractivity contribution in [1.29, 1.82) is 0 Å². The first-order chi connectivity index (χ1) is 9.33. The molecule has 2 heteroatoms. The molecule has 19 heavy (non-hydrogen) atoms. The van der Waals surface area contributed by atoms with Crippen molar-refractivity contribution in [3.05, 3.63) is 36.5 Å². The van der Waals surface area contributed by atoms with Crippen LogP contribution in [0.4, 0.5) is 5.69 Å². The lowest BCUT2D eigenvalue weighted by Gasteiger charge is -2.19. The van der Waals surface area contributed by atoms with E-state index in [0.717, 1.165) is 11.4 Å². The number of pyridine rings is 1. The number of para-hydroxylation sites is 1. The van der Waals surface area contributed by atoms with Crippen LogP contribution in [0, 0.1) is 5.92 Å². The lowest BCUT2D eigenvalue weighted by Crippen LogP contribution is -2.18. The Morgan fingerprint density at radius 2 is 1.95 bits per heavy atom. The summed E-state index contributed by atoms with van der Waals surface area (Å²) in [7, 11) is 0. The first-order valence-electron chi connectivity index (χ1n) is 7.43. The summed E-state index contributed by atoms with van der Waals surface area (Å²) in [5.41, 5.74) is 2.32. The first kappa shape index (κ1) is 12.5. The van der Waals surface area contributed by atoms with Gasteiger partial charge in [-0.25, -0.2) is 0 Å². The van der Waals surface area contributed by atoms with Crippen LogP contribution in [0.15, 0.2) is 36.5 Å². The number of anilines is 1. The summed E-state index contributed by atoms with van der Waals surface area (Å²) in [6, 6.07) is 11.1. The topological polar surface area (TPSA) is 24.9 Å². The number of hydrogen-bond acceptors (Lipinski definition) is 2. The molecule has 1 fully saturated rings. The van der Waals surface area contributed by atoms with Crippen LogP contribution in [0.25, 0.3) is 10.9 Å². The SMILES string of the molecule is CC1CCCC(Nc2ccnc3ccccc23)CC1. The number of rotatable bonds is 2. The molecule has 0 radical (unpaired) electrons. The molecule has 0 saturated heterocycles. The average Bonchev–Trinajstić information content (AvgIpc) is 2.64. The second-order valence-electron chi connectivity index (χ2n) is 5.83. The maximum Gasteiger partial charge on any atom is 0.0722 e. The van der Waals surface area contributed by atoms with E-state index in [1.54, 1.807) is 0 Å². The maximum absolute atomic E-state index is 4.43. The highest BCUT2D eigenvalue weighted by Crippen LogP contribution is 2.27. The molecule has 1 N–H and O–H groups in total. The minimum atomic E-state index is 0.621. The average molecular weight is 254 g/mol. The van der Waals surface area contributed by atoms with Crippen LogP contribution in [0.2, 0.25) is 0 Å². The summed E-state index contributed by atoms with van der Waals surface area (Å²) < 4.78 is 0. The molecule has 1 saturated carbocycles. The van der Waals surface area contributed by atoms with E-state index in [1.807, 2.05) is 12.3 Å². The van der Waals surface area contributed by atoms with Gasteiger partial charge in [0, 0.05) is 23.3 Å². The van der Waals surface area contributed by atoms with Crippen LogP contribution >= 0.6 is 0 Å². The normalized spacial score (nSPS) is 24.1. The largest absolute Gasteiger partial charge is 0.382 e. The Kier molecular flexibility index (Phi) is 3.67. The third-order valence-corrected chi connectivity index (χ3v) is 4.27. The molecule has 2 atom stereocenters. The lowest BCUT2D eigenvalue weighted by molar-refractivity contribution is 0.502. The Labute approximate surface area is 115 Å². The van der Waals surface area contributed by atoms with Crippen molar-refractivity contribution < 1.29 is 0 Å². The summed E-state index contributed by atoms with van der Waals surface area (Å²) in [6.45, 7) is 2.38. The van der Waals surface area contributed by atoms with Crippen LogP contribution in [-0.2, 0) is 0 Å². The molecule has 1 aromatic heterocycles. The van der Waals surface area contributed by atoms with Crippen molar-refractivity contribution in [2.24, 2.45) is 5.92 Å². The molecule has 0 amide bonds. The molecule has 2 unspecified atom stereocenters. The zero-order valence-electron chi connectivity index (χ0n) is 11.6. The second-order valence-corrected chi connectivity index (χ2v) is 5.83. The van der Waals surface area contributed by atoms with E-state index < -0.39 is 0 Å². The van der Waals surface area contributed by atoms with Crippen LogP contribution in [0.1, 0.15) is 39.0 Å². The zero-order valence-corrected chi connectivity index (χ0v) is 11.6. The van der Waals surface area contributed by atoms with Gasteiger partial charge in [0.1, 0.15) is 0 Å². The van der Waals surface area contributed by atoms with Crippen LogP contribution in [-0.4, -0.2) is 11.0 Å².